The summed E-state index contributed by atoms with van der Waals surface area (Å²) in [5.41, 5.74) is 0. The highest BCUT2D eigenvalue weighted by Crippen LogP contribution is 2.11. The fraction of sp³-hybridized carbons (Fsp3) is 1.00. The van der Waals surface area contributed by atoms with Crippen molar-refractivity contribution in [3.05, 3.63) is 0 Å². The molecule has 1 atom stereocenters. The molecule has 50 valence electrons. The number of aliphatic hydroxyl groups excluding tert-OH is 1. The summed E-state index contributed by atoms with van der Waals surface area (Å²) in [4.78, 5) is 0. The molecule has 0 amide bonds. The molecule has 0 aromatic heterocycles. The fourth-order valence-corrected chi connectivity index (χ4v) is 0.971. The molecule has 0 spiro atoms. The van der Waals surface area contributed by atoms with Crippen molar-refractivity contribution in [3.63, 3.8) is 0 Å². The monoisotopic (exact) mass is 116 g/mol. The summed E-state index contributed by atoms with van der Waals surface area (Å²) in [7, 11) is 0. The van der Waals surface area contributed by atoms with Crippen LogP contribution in [0.2, 0.25) is 0 Å². The van der Waals surface area contributed by atoms with Gasteiger partial charge in [-0.3, -0.25) is 0 Å². The van der Waals surface area contributed by atoms with E-state index in [1.807, 2.05) is 6.92 Å². The van der Waals surface area contributed by atoms with Gasteiger partial charge in [0.2, 0.25) is 0 Å². The van der Waals surface area contributed by atoms with Crippen molar-refractivity contribution < 1.29 is 5.11 Å². The van der Waals surface area contributed by atoms with E-state index >= 15 is 0 Å². The minimum atomic E-state index is -0.120. The van der Waals surface area contributed by atoms with Crippen LogP contribution >= 0.6 is 0 Å². The Labute approximate surface area is 51.7 Å². The van der Waals surface area contributed by atoms with Gasteiger partial charge >= 0.3 is 0 Å². The van der Waals surface area contributed by atoms with E-state index in [4.69, 9.17) is 5.11 Å². The molecule has 1 N–H and O–H groups in total. The smallest absolute Gasteiger partial charge is 0.0540 e. The summed E-state index contributed by atoms with van der Waals surface area (Å²) in [6.07, 6.45) is 2.06. The van der Waals surface area contributed by atoms with Gasteiger partial charge in [-0.2, -0.15) is 0 Å². The highest BCUT2D eigenvalue weighted by Gasteiger charge is 2.08. The zero-order valence-electron chi connectivity index (χ0n) is 6.02. The highest BCUT2D eigenvalue weighted by atomic mass is 16.3. The Morgan fingerprint density at radius 1 is 1.25 bits per heavy atom. The first kappa shape index (κ1) is 7.96. The van der Waals surface area contributed by atoms with Crippen LogP contribution in [0.15, 0.2) is 0 Å². The molecule has 1 nitrogen and oxygen atoms in total. The Hall–Kier alpha value is -0.0400. The third-order valence-corrected chi connectivity index (χ3v) is 1.73. The minimum Gasteiger partial charge on any atom is -0.393 e. The van der Waals surface area contributed by atoms with Crippen molar-refractivity contribution in [2.75, 3.05) is 0 Å². The number of rotatable bonds is 3. The standard InChI is InChI=1S/C7H16O/c1-4-7(5-2)6(3)8/h6-8H,4-5H2,1-3H3/t6-/m1/s1. The quantitative estimate of drug-likeness (QED) is 0.596. The van der Waals surface area contributed by atoms with E-state index in [1.165, 1.54) is 0 Å². The Balaban J connectivity index is 3.35. The lowest BCUT2D eigenvalue weighted by Crippen LogP contribution is -2.14. The second kappa shape index (κ2) is 3.90. The van der Waals surface area contributed by atoms with E-state index in [2.05, 4.69) is 13.8 Å². The molecule has 0 aromatic carbocycles. The summed E-state index contributed by atoms with van der Waals surface area (Å²) in [5, 5.41) is 9.01. The lowest BCUT2D eigenvalue weighted by molar-refractivity contribution is 0.120. The molecular formula is C7H16O. The maximum Gasteiger partial charge on any atom is 0.0540 e. The van der Waals surface area contributed by atoms with Gasteiger partial charge in [-0.25, -0.2) is 0 Å². The third-order valence-electron chi connectivity index (χ3n) is 1.73. The second-order valence-corrected chi connectivity index (χ2v) is 2.32. The summed E-state index contributed by atoms with van der Waals surface area (Å²) < 4.78 is 0. The molecule has 0 fully saturated rings. The largest absolute Gasteiger partial charge is 0.393 e. The van der Waals surface area contributed by atoms with E-state index < -0.39 is 0 Å². The molecule has 0 bridgehead atoms. The normalized spacial score (nSPS) is 14.6. The molecule has 0 aromatic rings. The van der Waals surface area contributed by atoms with Gasteiger partial charge in [0.15, 0.2) is 0 Å². The van der Waals surface area contributed by atoms with E-state index in [0.717, 1.165) is 12.8 Å². The summed E-state index contributed by atoms with van der Waals surface area (Å²) in [6.45, 7) is 6.08. The topological polar surface area (TPSA) is 20.2 Å². The lowest BCUT2D eigenvalue weighted by atomic mass is 9.98. The molecule has 0 rings (SSSR count). The van der Waals surface area contributed by atoms with E-state index in [9.17, 15) is 0 Å². The van der Waals surface area contributed by atoms with Gasteiger partial charge in [-0.05, 0) is 12.8 Å². The average molecular weight is 116 g/mol. The third kappa shape index (κ3) is 2.31. The maximum atomic E-state index is 9.01. The summed E-state index contributed by atoms with van der Waals surface area (Å²) >= 11 is 0. The zero-order chi connectivity index (χ0) is 6.57. The Kier molecular flexibility index (Phi) is 3.88. The van der Waals surface area contributed by atoms with Crippen LogP contribution < -0.4 is 0 Å². The molecule has 0 unspecified atom stereocenters. The molecule has 0 saturated carbocycles. The van der Waals surface area contributed by atoms with Gasteiger partial charge in [0.1, 0.15) is 0 Å². The summed E-state index contributed by atoms with van der Waals surface area (Å²) in [6, 6.07) is 0. The fourth-order valence-electron chi connectivity index (χ4n) is 0.971. The summed E-state index contributed by atoms with van der Waals surface area (Å²) in [5.74, 6) is 0.509. The van der Waals surface area contributed by atoms with Crippen LogP contribution in [0, 0.1) is 5.92 Å². The van der Waals surface area contributed by atoms with E-state index in [1.54, 1.807) is 0 Å². The lowest BCUT2D eigenvalue weighted by Gasteiger charge is -2.14. The van der Waals surface area contributed by atoms with Crippen LogP contribution in [-0.2, 0) is 0 Å². The Morgan fingerprint density at radius 2 is 1.62 bits per heavy atom. The average Bonchev–Trinajstić information content (AvgIpc) is 1.69. The van der Waals surface area contributed by atoms with Gasteiger partial charge < -0.3 is 5.11 Å². The second-order valence-electron chi connectivity index (χ2n) is 2.32. The van der Waals surface area contributed by atoms with Gasteiger partial charge in [0.05, 0.1) is 6.10 Å². The van der Waals surface area contributed by atoms with Crippen LogP contribution in [-0.4, -0.2) is 11.2 Å². The van der Waals surface area contributed by atoms with Gasteiger partial charge in [0.25, 0.3) is 0 Å². The van der Waals surface area contributed by atoms with Gasteiger partial charge in [-0.15, -0.1) is 0 Å². The van der Waals surface area contributed by atoms with Crippen molar-refractivity contribution in [2.45, 2.75) is 39.7 Å². The highest BCUT2D eigenvalue weighted by molar-refractivity contribution is 4.59. The molecule has 0 radical (unpaired) electrons. The Morgan fingerprint density at radius 3 is 1.62 bits per heavy atom. The molecule has 1 heteroatoms. The van der Waals surface area contributed by atoms with Gasteiger partial charge in [0, 0.05) is 0 Å². The number of hydrogen-bond donors (Lipinski definition) is 1. The van der Waals surface area contributed by atoms with Crippen molar-refractivity contribution >= 4 is 0 Å². The minimum absolute atomic E-state index is 0.120. The van der Waals surface area contributed by atoms with Crippen molar-refractivity contribution in [2.24, 2.45) is 5.92 Å². The predicted molar refractivity (Wildman–Crippen MR) is 35.8 cm³/mol. The first-order chi connectivity index (χ1) is 3.72. The van der Waals surface area contributed by atoms with Crippen LogP contribution in [0.25, 0.3) is 0 Å². The molecule has 0 saturated heterocycles. The van der Waals surface area contributed by atoms with Crippen LogP contribution in [0.4, 0.5) is 0 Å². The predicted octanol–water partition coefficient (Wildman–Crippen LogP) is 1.80. The molecule has 8 heavy (non-hydrogen) atoms. The first-order valence-electron chi connectivity index (χ1n) is 3.40. The molecule has 0 heterocycles. The maximum absolute atomic E-state index is 9.01. The van der Waals surface area contributed by atoms with E-state index in [0.29, 0.717) is 5.92 Å². The molecule has 0 aliphatic rings. The van der Waals surface area contributed by atoms with Crippen molar-refractivity contribution in [3.8, 4) is 0 Å². The van der Waals surface area contributed by atoms with Crippen LogP contribution in [0.5, 0.6) is 0 Å². The van der Waals surface area contributed by atoms with Gasteiger partial charge in [-0.1, -0.05) is 26.7 Å². The molecular weight excluding hydrogens is 100 g/mol. The zero-order valence-corrected chi connectivity index (χ0v) is 6.02. The molecule has 0 aliphatic carbocycles. The van der Waals surface area contributed by atoms with Crippen molar-refractivity contribution in [1.82, 2.24) is 0 Å². The van der Waals surface area contributed by atoms with Crippen LogP contribution in [0.3, 0.4) is 0 Å². The van der Waals surface area contributed by atoms with Crippen LogP contribution in [0.1, 0.15) is 33.6 Å². The van der Waals surface area contributed by atoms with E-state index in [-0.39, 0.29) is 6.10 Å². The Bertz CT molecular complexity index is 46.3. The SMILES string of the molecule is CCC(CC)[C@@H](C)O. The van der Waals surface area contributed by atoms with Crippen molar-refractivity contribution in [1.29, 1.82) is 0 Å². The number of hydrogen-bond acceptors (Lipinski definition) is 1. The first-order valence-corrected chi connectivity index (χ1v) is 3.40. The molecule has 0 aliphatic heterocycles. The number of aliphatic hydroxyl groups is 1.